The molecule has 0 atom stereocenters. The van der Waals surface area contributed by atoms with Crippen molar-refractivity contribution in [1.82, 2.24) is 4.57 Å². The summed E-state index contributed by atoms with van der Waals surface area (Å²) in [6.07, 6.45) is 1.04. The van der Waals surface area contributed by atoms with E-state index in [9.17, 15) is 0 Å². The molecule has 1 aliphatic rings. The van der Waals surface area contributed by atoms with Crippen molar-refractivity contribution < 1.29 is 0 Å². The Kier molecular flexibility index (Phi) is 3.68. The standard InChI is InChI=1S/C31H21N/c1-2-8-26-23(7-1)19-24-14-13-22(20-29(24)26)21-15-17-25(18-16-21)32-30-11-5-3-9-27(30)28-10-4-6-12-31(28)32/h1-18,20H,19H2. The van der Waals surface area contributed by atoms with Crippen LogP contribution in [0, 0.1) is 0 Å². The molecule has 1 aliphatic carbocycles. The van der Waals surface area contributed by atoms with E-state index in [2.05, 4.69) is 120 Å². The van der Waals surface area contributed by atoms with Crippen LogP contribution < -0.4 is 0 Å². The van der Waals surface area contributed by atoms with Crippen LogP contribution in [-0.4, -0.2) is 4.57 Å². The first kappa shape index (κ1) is 17.6. The van der Waals surface area contributed by atoms with E-state index in [0.717, 1.165) is 6.42 Å². The maximum absolute atomic E-state index is 2.37. The highest BCUT2D eigenvalue weighted by Crippen LogP contribution is 2.39. The van der Waals surface area contributed by atoms with Crippen LogP contribution in [-0.2, 0) is 6.42 Å². The third-order valence-corrected chi connectivity index (χ3v) is 6.84. The van der Waals surface area contributed by atoms with Crippen molar-refractivity contribution in [2.45, 2.75) is 6.42 Å². The zero-order valence-corrected chi connectivity index (χ0v) is 17.6. The van der Waals surface area contributed by atoms with Crippen molar-refractivity contribution in [3.63, 3.8) is 0 Å². The van der Waals surface area contributed by atoms with Gasteiger partial charge in [0.15, 0.2) is 0 Å². The molecule has 0 unspecified atom stereocenters. The normalized spacial score (nSPS) is 12.2. The summed E-state index contributed by atoms with van der Waals surface area (Å²) >= 11 is 0. The van der Waals surface area contributed by atoms with Gasteiger partial charge in [-0.25, -0.2) is 0 Å². The first-order chi connectivity index (χ1) is 15.9. The minimum Gasteiger partial charge on any atom is -0.309 e. The number of hydrogen-bond acceptors (Lipinski definition) is 0. The summed E-state index contributed by atoms with van der Waals surface area (Å²) in [7, 11) is 0. The van der Waals surface area contributed by atoms with Gasteiger partial charge in [-0.15, -0.1) is 0 Å². The molecule has 0 N–H and O–H groups in total. The van der Waals surface area contributed by atoms with Gasteiger partial charge in [-0.05, 0) is 70.1 Å². The Labute approximate surface area is 187 Å². The molecule has 6 aromatic rings. The van der Waals surface area contributed by atoms with Crippen molar-refractivity contribution in [3.05, 3.63) is 126 Å². The van der Waals surface area contributed by atoms with Gasteiger partial charge in [0.2, 0.25) is 0 Å². The van der Waals surface area contributed by atoms with Crippen LogP contribution >= 0.6 is 0 Å². The average Bonchev–Trinajstić information content (AvgIpc) is 3.40. The number of rotatable bonds is 2. The van der Waals surface area contributed by atoms with Crippen molar-refractivity contribution in [2.75, 3.05) is 0 Å². The predicted molar refractivity (Wildman–Crippen MR) is 134 cm³/mol. The topological polar surface area (TPSA) is 4.93 Å². The van der Waals surface area contributed by atoms with Crippen LogP contribution in [0.25, 0.3) is 49.7 Å². The minimum atomic E-state index is 1.04. The quantitative estimate of drug-likeness (QED) is 0.273. The molecule has 150 valence electrons. The molecular formula is C31H21N. The lowest BCUT2D eigenvalue weighted by atomic mass is 9.98. The van der Waals surface area contributed by atoms with Crippen molar-refractivity contribution in [3.8, 4) is 27.9 Å². The van der Waals surface area contributed by atoms with Gasteiger partial charge in [0.05, 0.1) is 11.0 Å². The van der Waals surface area contributed by atoms with Crippen LogP contribution in [0.1, 0.15) is 11.1 Å². The second-order valence-electron chi connectivity index (χ2n) is 8.62. The minimum absolute atomic E-state index is 1.04. The van der Waals surface area contributed by atoms with Gasteiger partial charge >= 0.3 is 0 Å². The third kappa shape index (κ3) is 2.52. The van der Waals surface area contributed by atoms with Gasteiger partial charge in [-0.3, -0.25) is 0 Å². The Bertz CT molecular complexity index is 1580. The lowest BCUT2D eigenvalue weighted by molar-refractivity contribution is 1.18. The summed E-state index contributed by atoms with van der Waals surface area (Å²) in [5.41, 5.74) is 11.8. The smallest absolute Gasteiger partial charge is 0.0541 e. The summed E-state index contributed by atoms with van der Waals surface area (Å²) < 4.78 is 2.37. The first-order valence-corrected chi connectivity index (χ1v) is 11.2. The Morgan fingerprint density at radius 3 is 1.81 bits per heavy atom. The zero-order chi connectivity index (χ0) is 21.1. The predicted octanol–water partition coefficient (Wildman–Crippen LogP) is 8.02. The molecule has 5 aromatic carbocycles. The van der Waals surface area contributed by atoms with E-state index in [1.54, 1.807) is 0 Å². The van der Waals surface area contributed by atoms with Gasteiger partial charge in [0.1, 0.15) is 0 Å². The van der Waals surface area contributed by atoms with Crippen LogP contribution in [0.5, 0.6) is 0 Å². The molecular weight excluding hydrogens is 386 g/mol. The maximum atomic E-state index is 2.37. The Morgan fingerprint density at radius 2 is 1.06 bits per heavy atom. The second-order valence-corrected chi connectivity index (χ2v) is 8.62. The monoisotopic (exact) mass is 407 g/mol. The summed E-state index contributed by atoms with van der Waals surface area (Å²) in [6, 6.07) is 42.0. The molecule has 7 rings (SSSR count). The van der Waals surface area contributed by atoms with Crippen LogP contribution in [0.3, 0.4) is 0 Å². The molecule has 0 spiro atoms. The van der Waals surface area contributed by atoms with Gasteiger partial charge in [0.25, 0.3) is 0 Å². The highest BCUT2D eigenvalue weighted by Gasteiger charge is 2.18. The van der Waals surface area contributed by atoms with E-state index in [0.29, 0.717) is 0 Å². The van der Waals surface area contributed by atoms with Gasteiger partial charge in [0, 0.05) is 16.5 Å². The Balaban J connectivity index is 1.34. The molecule has 0 aliphatic heterocycles. The number of hydrogen-bond donors (Lipinski definition) is 0. The van der Waals surface area contributed by atoms with Crippen LogP contribution in [0.15, 0.2) is 115 Å². The highest BCUT2D eigenvalue weighted by atomic mass is 15.0. The van der Waals surface area contributed by atoms with E-state index in [1.807, 2.05) is 0 Å². The van der Waals surface area contributed by atoms with Crippen molar-refractivity contribution in [2.24, 2.45) is 0 Å². The second kappa shape index (κ2) is 6.70. The molecule has 32 heavy (non-hydrogen) atoms. The maximum Gasteiger partial charge on any atom is 0.0541 e. The number of benzene rings is 5. The van der Waals surface area contributed by atoms with Gasteiger partial charge in [-0.1, -0.05) is 84.9 Å². The first-order valence-electron chi connectivity index (χ1n) is 11.2. The summed E-state index contributed by atoms with van der Waals surface area (Å²) in [6.45, 7) is 0. The SMILES string of the molecule is c1ccc2c(c1)Cc1ccc(-c3ccc(-n4c5ccccc5c5ccccc54)cc3)cc1-2. The number of aromatic nitrogens is 1. The fraction of sp³-hybridized carbons (Fsp3) is 0.0323. The molecule has 0 fully saturated rings. The lowest BCUT2D eigenvalue weighted by Crippen LogP contribution is -1.93. The largest absolute Gasteiger partial charge is 0.309 e. The Hall–Kier alpha value is -4.10. The summed E-state index contributed by atoms with van der Waals surface area (Å²) in [5, 5.41) is 2.59. The molecule has 1 nitrogen and oxygen atoms in total. The average molecular weight is 408 g/mol. The fourth-order valence-corrected chi connectivity index (χ4v) is 5.31. The van der Waals surface area contributed by atoms with Crippen molar-refractivity contribution >= 4 is 21.8 Å². The molecule has 1 aromatic heterocycles. The van der Waals surface area contributed by atoms with E-state index >= 15 is 0 Å². The van der Waals surface area contributed by atoms with E-state index in [-0.39, 0.29) is 0 Å². The molecule has 0 amide bonds. The van der Waals surface area contributed by atoms with Crippen LogP contribution in [0.2, 0.25) is 0 Å². The van der Waals surface area contributed by atoms with Crippen molar-refractivity contribution in [1.29, 1.82) is 0 Å². The van der Waals surface area contributed by atoms with Gasteiger partial charge < -0.3 is 4.57 Å². The summed E-state index contributed by atoms with van der Waals surface area (Å²) in [5.74, 6) is 0. The summed E-state index contributed by atoms with van der Waals surface area (Å²) in [4.78, 5) is 0. The number of para-hydroxylation sites is 2. The number of fused-ring (bicyclic) bond motifs is 6. The molecule has 1 heterocycles. The van der Waals surface area contributed by atoms with Gasteiger partial charge in [-0.2, -0.15) is 0 Å². The molecule has 1 heteroatoms. The van der Waals surface area contributed by atoms with E-state index < -0.39 is 0 Å². The van der Waals surface area contributed by atoms with Crippen LogP contribution in [0.4, 0.5) is 0 Å². The fourth-order valence-electron chi connectivity index (χ4n) is 5.31. The molecule has 0 saturated carbocycles. The molecule has 0 saturated heterocycles. The third-order valence-electron chi connectivity index (χ3n) is 6.84. The zero-order valence-electron chi connectivity index (χ0n) is 17.6. The molecule has 0 bridgehead atoms. The lowest BCUT2D eigenvalue weighted by Gasteiger charge is -2.10. The van der Waals surface area contributed by atoms with E-state index in [4.69, 9.17) is 0 Å². The number of nitrogens with zero attached hydrogens (tertiary/aromatic N) is 1. The Morgan fingerprint density at radius 1 is 0.469 bits per heavy atom. The molecule has 0 radical (unpaired) electrons. The highest BCUT2D eigenvalue weighted by molar-refractivity contribution is 6.09. The van der Waals surface area contributed by atoms with E-state index in [1.165, 1.54) is 60.9 Å².